The Bertz CT molecular complexity index is 1140. The van der Waals surface area contributed by atoms with Crippen LogP contribution in [-0.4, -0.2) is 49.7 Å². The standard InChI is InChI=1S/C23H31N7OS/c1-13-10-25-18(14(2)20(13)31-3)11-30-21-19-17(29-30)9-16(26-15-7-5-4-6-8-15)12-32-22(19)28-23(24)27-21/h10,15-16,26H,4-9,11-12H2,1-3H3,(H2,24,27,28). The molecule has 0 amide bonds. The maximum Gasteiger partial charge on any atom is 0.223 e. The van der Waals surface area contributed by atoms with E-state index in [1.807, 2.05) is 24.7 Å². The van der Waals surface area contributed by atoms with Gasteiger partial charge in [0.2, 0.25) is 5.95 Å². The second-order valence-electron chi connectivity index (χ2n) is 8.95. The molecule has 0 saturated heterocycles. The maximum absolute atomic E-state index is 6.10. The van der Waals surface area contributed by atoms with Crippen LogP contribution < -0.4 is 15.8 Å². The van der Waals surface area contributed by atoms with Crippen LogP contribution in [0.3, 0.4) is 0 Å². The molecule has 1 aliphatic heterocycles. The third-order valence-corrected chi connectivity index (χ3v) is 7.77. The van der Waals surface area contributed by atoms with Crippen molar-refractivity contribution in [3.05, 3.63) is 28.7 Å². The molecule has 2 aliphatic rings. The minimum absolute atomic E-state index is 0.289. The normalized spacial score (nSPS) is 19.3. The summed E-state index contributed by atoms with van der Waals surface area (Å²) in [5, 5.41) is 10.9. The number of nitrogen functional groups attached to an aromatic ring is 1. The maximum atomic E-state index is 6.10. The second kappa shape index (κ2) is 8.86. The zero-order valence-electron chi connectivity index (χ0n) is 19.0. The van der Waals surface area contributed by atoms with E-state index in [2.05, 4.69) is 20.3 Å². The number of nitrogens with one attached hydrogen (secondary N) is 1. The van der Waals surface area contributed by atoms with Crippen LogP contribution in [0.1, 0.15) is 54.6 Å². The number of nitrogens with zero attached hydrogens (tertiary/aromatic N) is 5. The number of anilines is 1. The number of thioether (sulfide) groups is 1. The molecule has 9 heteroatoms. The summed E-state index contributed by atoms with van der Waals surface area (Å²) in [4.78, 5) is 13.8. The van der Waals surface area contributed by atoms with Crippen molar-refractivity contribution in [3.63, 3.8) is 0 Å². The molecule has 3 aromatic heterocycles. The van der Waals surface area contributed by atoms with E-state index < -0.39 is 0 Å². The van der Waals surface area contributed by atoms with Gasteiger partial charge >= 0.3 is 0 Å². The summed E-state index contributed by atoms with van der Waals surface area (Å²) in [5.41, 5.74) is 10.9. The number of methoxy groups -OCH3 is 1. The number of ether oxygens (including phenoxy) is 1. The average Bonchev–Trinajstić information content (AvgIpc) is 3.01. The number of nitrogens with two attached hydrogens (primary N) is 1. The Kier molecular flexibility index (Phi) is 5.94. The highest BCUT2D eigenvalue weighted by molar-refractivity contribution is 7.99. The molecule has 1 saturated carbocycles. The quantitative estimate of drug-likeness (QED) is 0.567. The smallest absolute Gasteiger partial charge is 0.223 e. The zero-order chi connectivity index (χ0) is 22.2. The summed E-state index contributed by atoms with van der Waals surface area (Å²) in [5.74, 6) is 2.13. The lowest BCUT2D eigenvalue weighted by molar-refractivity contribution is 0.344. The molecule has 0 radical (unpaired) electrons. The van der Waals surface area contributed by atoms with Crippen molar-refractivity contribution in [2.45, 2.75) is 76.0 Å². The van der Waals surface area contributed by atoms with Crippen molar-refractivity contribution in [1.82, 2.24) is 30.0 Å². The molecular formula is C23H31N7OS. The minimum Gasteiger partial charge on any atom is -0.496 e. The highest BCUT2D eigenvalue weighted by Gasteiger charge is 2.27. The van der Waals surface area contributed by atoms with Gasteiger partial charge in [0.1, 0.15) is 10.8 Å². The molecule has 1 unspecified atom stereocenters. The van der Waals surface area contributed by atoms with E-state index >= 15 is 0 Å². The fourth-order valence-electron chi connectivity index (χ4n) is 5.04. The predicted octanol–water partition coefficient (Wildman–Crippen LogP) is 3.42. The first kappa shape index (κ1) is 21.5. The largest absolute Gasteiger partial charge is 0.496 e. The first-order chi connectivity index (χ1) is 15.5. The lowest BCUT2D eigenvalue weighted by Crippen LogP contribution is -2.42. The number of hydrogen-bond donors (Lipinski definition) is 2. The van der Waals surface area contributed by atoms with E-state index in [1.54, 1.807) is 18.9 Å². The lowest BCUT2D eigenvalue weighted by Gasteiger charge is -2.27. The van der Waals surface area contributed by atoms with Crippen LogP contribution in [0.4, 0.5) is 5.95 Å². The Labute approximate surface area is 192 Å². The molecule has 170 valence electrons. The zero-order valence-corrected chi connectivity index (χ0v) is 19.8. The molecule has 5 rings (SSSR count). The summed E-state index contributed by atoms with van der Waals surface area (Å²) in [7, 11) is 1.70. The molecule has 1 atom stereocenters. The van der Waals surface area contributed by atoms with Gasteiger partial charge in [-0.25, -0.2) is 9.67 Å². The second-order valence-corrected chi connectivity index (χ2v) is 9.96. The van der Waals surface area contributed by atoms with Crippen LogP contribution in [0.15, 0.2) is 11.2 Å². The van der Waals surface area contributed by atoms with E-state index in [0.717, 1.165) is 56.5 Å². The molecule has 0 spiro atoms. The molecule has 1 aliphatic carbocycles. The summed E-state index contributed by atoms with van der Waals surface area (Å²) >= 11 is 1.76. The molecule has 3 N–H and O–H groups in total. The molecule has 3 aromatic rings. The first-order valence-corrected chi connectivity index (χ1v) is 12.4. The van der Waals surface area contributed by atoms with Gasteiger partial charge in [-0.05, 0) is 26.7 Å². The number of aryl methyl sites for hydroxylation is 1. The van der Waals surface area contributed by atoms with Crippen molar-refractivity contribution >= 4 is 28.7 Å². The van der Waals surface area contributed by atoms with Gasteiger partial charge in [-0.15, -0.1) is 11.8 Å². The van der Waals surface area contributed by atoms with Crippen molar-refractivity contribution < 1.29 is 4.74 Å². The van der Waals surface area contributed by atoms with Crippen molar-refractivity contribution in [2.24, 2.45) is 0 Å². The van der Waals surface area contributed by atoms with Crippen LogP contribution >= 0.6 is 11.8 Å². The number of rotatable bonds is 5. The summed E-state index contributed by atoms with van der Waals surface area (Å²) in [6, 6.07) is 0.973. The Balaban J connectivity index is 1.49. The SMILES string of the molecule is COc1c(C)cnc(Cn2nc3c4c(nc(N)nc42)SCC(NC2CCCCC2)C3)c1C. The highest BCUT2D eigenvalue weighted by Crippen LogP contribution is 2.34. The van der Waals surface area contributed by atoms with Gasteiger partial charge in [-0.1, -0.05) is 19.3 Å². The first-order valence-electron chi connectivity index (χ1n) is 11.4. The van der Waals surface area contributed by atoms with E-state index in [4.69, 9.17) is 15.6 Å². The van der Waals surface area contributed by atoms with E-state index in [0.29, 0.717) is 18.6 Å². The fraction of sp³-hybridized carbons (Fsp3) is 0.565. The van der Waals surface area contributed by atoms with Crippen molar-refractivity contribution in [2.75, 3.05) is 18.6 Å². The van der Waals surface area contributed by atoms with Crippen LogP contribution in [0.25, 0.3) is 11.0 Å². The van der Waals surface area contributed by atoms with Gasteiger partial charge in [0.25, 0.3) is 0 Å². The lowest BCUT2D eigenvalue weighted by atomic mass is 9.94. The van der Waals surface area contributed by atoms with Crippen LogP contribution in [-0.2, 0) is 13.0 Å². The van der Waals surface area contributed by atoms with E-state index in [1.165, 1.54) is 32.1 Å². The summed E-state index contributed by atoms with van der Waals surface area (Å²) in [6.45, 7) is 4.56. The van der Waals surface area contributed by atoms with Gasteiger partial charge < -0.3 is 15.8 Å². The molecule has 0 aromatic carbocycles. The van der Waals surface area contributed by atoms with Crippen LogP contribution in [0.2, 0.25) is 0 Å². The Hall–Kier alpha value is -2.39. The molecule has 32 heavy (non-hydrogen) atoms. The highest BCUT2D eigenvalue weighted by atomic mass is 32.2. The predicted molar refractivity (Wildman–Crippen MR) is 127 cm³/mol. The van der Waals surface area contributed by atoms with Crippen LogP contribution in [0.5, 0.6) is 5.75 Å². The molecule has 4 heterocycles. The van der Waals surface area contributed by atoms with Gasteiger partial charge in [-0.3, -0.25) is 4.98 Å². The van der Waals surface area contributed by atoms with E-state index in [-0.39, 0.29) is 5.95 Å². The van der Waals surface area contributed by atoms with E-state index in [9.17, 15) is 0 Å². The van der Waals surface area contributed by atoms with Crippen molar-refractivity contribution in [1.29, 1.82) is 0 Å². The average molecular weight is 454 g/mol. The van der Waals surface area contributed by atoms with Gasteiger partial charge in [0, 0.05) is 41.6 Å². The molecule has 8 nitrogen and oxygen atoms in total. The van der Waals surface area contributed by atoms with Gasteiger partial charge in [-0.2, -0.15) is 10.1 Å². The monoisotopic (exact) mass is 453 g/mol. The topological polar surface area (TPSA) is 104 Å². The molecule has 0 bridgehead atoms. The Morgan fingerprint density at radius 3 is 2.78 bits per heavy atom. The molecule has 1 fully saturated rings. The third kappa shape index (κ3) is 4.03. The molecular weight excluding hydrogens is 422 g/mol. The number of pyridine rings is 1. The fourth-order valence-corrected chi connectivity index (χ4v) is 6.12. The van der Waals surface area contributed by atoms with Crippen LogP contribution in [0, 0.1) is 13.8 Å². The number of aromatic nitrogens is 5. The summed E-state index contributed by atoms with van der Waals surface area (Å²) < 4.78 is 7.52. The van der Waals surface area contributed by atoms with Gasteiger partial charge in [0.15, 0.2) is 5.65 Å². The number of hydrogen-bond acceptors (Lipinski definition) is 8. The summed E-state index contributed by atoms with van der Waals surface area (Å²) in [6.07, 6.45) is 9.27. The minimum atomic E-state index is 0.289. The Morgan fingerprint density at radius 2 is 2.00 bits per heavy atom. The van der Waals surface area contributed by atoms with Crippen molar-refractivity contribution in [3.8, 4) is 5.75 Å². The van der Waals surface area contributed by atoms with Gasteiger partial charge in [0.05, 0.1) is 30.4 Å². The Morgan fingerprint density at radius 1 is 1.19 bits per heavy atom. The third-order valence-electron chi connectivity index (χ3n) is 6.64.